The number of aliphatic hydroxyl groups excluding tert-OH is 2. The van der Waals surface area contributed by atoms with Crippen molar-refractivity contribution in [2.75, 3.05) is 70.7 Å². The third-order valence-corrected chi connectivity index (χ3v) is 13.4. The molecule has 0 radical (unpaired) electrons. The van der Waals surface area contributed by atoms with Crippen LogP contribution in [0.1, 0.15) is 12.8 Å². The van der Waals surface area contributed by atoms with Crippen molar-refractivity contribution in [2.24, 2.45) is 0 Å². The third-order valence-electron chi connectivity index (χ3n) is 5.25. The molecular formula is C24H38O4S6. The minimum Gasteiger partial charge on any atom is -0.491 e. The maximum Gasteiger partial charge on any atom is 0.123 e. The largest absolute Gasteiger partial charge is 0.491 e. The van der Waals surface area contributed by atoms with Crippen molar-refractivity contribution in [2.45, 2.75) is 35.5 Å². The number of ether oxygens (including phenoxy) is 2. The molecule has 4 atom stereocenters. The average Bonchev–Trinajstić information content (AvgIpc) is 2.88. The van der Waals surface area contributed by atoms with Crippen LogP contribution in [0, 0.1) is 0 Å². The second kappa shape index (κ2) is 18.2. The van der Waals surface area contributed by atoms with E-state index >= 15 is 0 Å². The van der Waals surface area contributed by atoms with Crippen LogP contribution in [0.2, 0.25) is 0 Å². The van der Waals surface area contributed by atoms with Crippen molar-refractivity contribution >= 4 is 70.6 Å². The number of hydrogen-bond donors (Lipinski definition) is 2. The molecule has 2 N–H and O–H groups in total. The monoisotopic (exact) mass is 582 g/mol. The maximum absolute atomic E-state index is 10.3. The van der Waals surface area contributed by atoms with Gasteiger partial charge in [-0.2, -0.15) is 70.6 Å². The van der Waals surface area contributed by atoms with Crippen LogP contribution in [0.15, 0.2) is 24.3 Å². The number of benzene rings is 1. The summed E-state index contributed by atoms with van der Waals surface area (Å²) < 4.78 is 11.6. The fourth-order valence-electron chi connectivity index (χ4n) is 3.41. The van der Waals surface area contributed by atoms with Gasteiger partial charge in [0.15, 0.2) is 0 Å². The summed E-state index contributed by atoms with van der Waals surface area (Å²) in [6.07, 6.45) is 1.48. The van der Waals surface area contributed by atoms with Gasteiger partial charge in [-0.3, -0.25) is 0 Å². The molecule has 1 aromatic rings. The molecule has 194 valence electrons. The van der Waals surface area contributed by atoms with Crippen molar-refractivity contribution in [1.29, 1.82) is 0 Å². The van der Waals surface area contributed by atoms with Crippen LogP contribution in [-0.2, 0) is 0 Å². The zero-order chi connectivity index (χ0) is 23.8. The van der Waals surface area contributed by atoms with E-state index in [1.807, 2.05) is 47.8 Å². The fraction of sp³-hybridized carbons (Fsp3) is 0.750. The number of rotatable bonds is 16. The van der Waals surface area contributed by atoms with Gasteiger partial charge in [0.2, 0.25) is 0 Å². The summed E-state index contributed by atoms with van der Waals surface area (Å²) in [5, 5.41) is 22.1. The molecule has 0 aliphatic carbocycles. The van der Waals surface area contributed by atoms with Gasteiger partial charge in [-0.25, -0.2) is 0 Å². The predicted octanol–water partition coefficient (Wildman–Crippen LogP) is 5.11. The van der Waals surface area contributed by atoms with Crippen LogP contribution in [0.3, 0.4) is 0 Å². The number of thioether (sulfide) groups is 6. The molecule has 2 fully saturated rings. The van der Waals surface area contributed by atoms with Crippen molar-refractivity contribution in [1.82, 2.24) is 0 Å². The van der Waals surface area contributed by atoms with Gasteiger partial charge >= 0.3 is 0 Å². The van der Waals surface area contributed by atoms with Gasteiger partial charge < -0.3 is 19.7 Å². The second-order valence-electron chi connectivity index (χ2n) is 8.27. The van der Waals surface area contributed by atoms with Gasteiger partial charge in [-0.15, -0.1) is 0 Å². The highest BCUT2D eigenvalue weighted by Crippen LogP contribution is 2.28. The molecule has 2 aliphatic rings. The molecule has 0 spiro atoms. The molecule has 10 heteroatoms. The van der Waals surface area contributed by atoms with Crippen molar-refractivity contribution < 1.29 is 19.7 Å². The maximum atomic E-state index is 10.3. The van der Waals surface area contributed by atoms with Gasteiger partial charge in [-0.1, -0.05) is 6.07 Å². The van der Waals surface area contributed by atoms with Crippen molar-refractivity contribution in [3.8, 4) is 11.5 Å². The Morgan fingerprint density at radius 1 is 0.794 bits per heavy atom. The smallest absolute Gasteiger partial charge is 0.123 e. The third kappa shape index (κ3) is 12.9. The Hall–Kier alpha value is 0.840. The second-order valence-corrected chi connectivity index (χ2v) is 15.7. The summed E-state index contributed by atoms with van der Waals surface area (Å²) >= 11 is 11.9. The van der Waals surface area contributed by atoms with E-state index in [4.69, 9.17) is 9.47 Å². The summed E-state index contributed by atoms with van der Waals surface area (Å²) in [5.74, 6) is 12.6. The molecule has 2 aliphatic heterocycles. The first-order valence-electron chi connectivity index (χ1n) is 11.9. The van der Waals surface area contributed by atoms with E-state index in [0.717, 1.165) is 22.0 Å². The highest BCUT2D eigenvalue weighted by Gasteiger charge is 2.15. The van der Waals surface area contributed by atoms with Crippen LogP contribution in [-0.4, -0.2) is 104 Å². The Morgan fingerprint density at radius 3 is 1.74 bits per heavy atom. The SMILES string of the molecule is OC(COc1cccc(OCC(O)CSCCC2CSCCS2)c1)CSCCC1CSCCS1. The molecule has 1 aromatic carbocycles. The Kier molecular flexibility index (Phi) is 15.7. The molecule has 2 saturated heterocycles. The van der Waals surface area contributed by atoms with E-state index in [1.54, 1.807) is 0 Å². The van der Waals surface area contributed by atoms with Crippen molar-refractivity contribution in [3.63, 3.8) is 0 Å². The molecule has 2 heterocycles. The van der Waals surface area contributed by atoms with Crippen LogP contribution < -0.4 is 9.47 Å². The molecule has 4 unspecified atom stereocenters. The summed E-state index contributed by atoms with van der Waals surface area (Å²) in [7, 11) is 0. The van der Waals surface area contributed by atoms with Crippen molar-refractivity contribution in [3.05, 3.63) is 24.3 Å². The average molecular weight is 583 g/mol. The van der Waals surface area contributed by atoms with Gasteiger partial charge in [-0.05, 0) is 36.5 Å². The van der Waals surface area contributed by atoms with E-state index < -0.39 is 12.2 Å². The molecule has 0 bridgehead atoms. The lowest BCUT2D eigenvalue weighted by Gasteiger charge is -2.20. The normalized spacial score (nSPS) is 22.8. The first-order valence-corrected chi connectivity index (χ1v) is 18.7. The standard InChI is InChI=1S/C24H38O4S6/c25-19(15-29-6-4-23-17-31-8-10-33-23)13-27-21-2-1-3-22(12-21)28-14-20(26)16-30-7-5-24-18-32-9-11-34-24/h1-3,12,19-20,23-26H,4-11,13-18H2. The highest BCUT2D eigenvalue weighted by molar-refractivity contribution is 8.07. The molecule has 34 heavy (non-hydrogen) atoms. The number of hydrogen-bond acceptors (Lipinski definition) is 10. The van der Waals surface area contributed by atoms with Gasteiger partial charge in [0.05, 0.1) is 12.2 Å². The fourth-order valence-corrected chi connectivity index (χ4v) is 11.2. The Morgan fingerprint density at radius 2 is 1.29 bits per heavy atom. The molecule has 0 amide bonds. The van der Waals surface area contributed by atoms with E-state index in [2.05, 4.69) is 47.0 Å². The molecule has 0 saturated carbocycles. The Balaban J connectivity index is 1.22. The van der Waals surface area contributed by atoms with Crippen LogP contribution in [0.25, 0.3) is 0 Å². The zero-order valence-electron chi connectivity index (χ0n) is 19.7. The quantitative estimate of drug-likeness (QED) is 0.257. The first-order chi connectivity index (χ1) is 16.7. The lowest BCUT2D eigenvalue weighted by Crippen LogP contribution is -2.21. The van der Waals surface area contributed by atoms with Crippen LogP contribution in [0.5, 0.6) is 11.5 Å². The molecule has 0 aromatic heterocycles. The predicted molar refractivity (Wildman–Crippen MR) is 160 cm³/mol. The Bertz CT molecular complexity index is 607. The minimum atomic E-state index is -0.479. The highest BCUT2D eigenvalue weighted by atomic mass is 32.2. The summed E-state index contributed by atoms with van der Waals surface area (Å²) in [6.45, 7) is 0.559. The summed E-state index contributed by atoms with van der Waals surface area (Å²) in [4.78, 5) is 0. The van der Waals surface area contributed by atoms with E-state index in [9.17, 15) is 10.2 Å². The Labute approximate surface area is 231 Å². The lowest BCUT2D eigenvalue weighted by molar-refractivity contribution is 0.122. The van der Waals surface area contributed by atoms with Gasteiger partial charge in [0.25, 0.3) is 0 Å². The van der Waals surface area contributed by atoms with E-state index in [1.165, 1.54) is 47.4 Å². The van der Waals surface area contributed by atoms with Gasteiger partial charge in [0.1, 0.15) is 24.7 Å². The minimum absolute atomic E-state index is 0.279. The zero-order valence-corrected chi connectivity index (χ0v) is 24.6. The van der Waals surface area contributed by atoms with Gasteiger partial charge in [0, 0.05) is 62.6 Å². The van der Waals surface area contributed by atoms with E-state index in [0.29, 0.717) is 23.0 Å². The lowest BCUT2D eigenvalue weighted by atomic mass is 10.3. The first kappa shape index (κ1) is 29.4. The van der Waals surface area contributed by atoms with Crippen LogP contribution in [0.4, 0.5) is 0 Å². The van der Waals surface area contributed by atoms with Crippen LogP contribution >= 0.6 is 70.6 Å². The summed E-state index contributed by atoms with van der Waals surface area (Å²) in [6, 6.07) is 7.46. The summed E-state index contributed by atoms with van der Waals surface area (Å²) in [5.41, 5.74) is 0. The molecular weight excluding hydrogens is 545 g/mol. The molecule has 4 nitrogen and oxygen atoms in total. The molecule has 3 rings (SSSR count). The van der Waals surface area contributed by atoms with E-state index in [-0.39, 0.29) is 13.2 Å². The topological polar surface area (TPSA) is 58.9 Å². The number of aliphatic hydroxyl groups is 2.